The fraction of sp³-hybridized carbons (Fsp3) is 0.500. The minimum absolute atomic E-state index is 0.223. The van der Waals surface area contributed by atoms with E-state index in [9.17, 15) is 4.79 Å². The lowest BCUT2D eigenvalue weighted by molar-refractivity contribution is -0.125. The highest BCUT2D eigenvalue weighted by molar-refractivity contribution is 5.78. The van der Waals surface area contributed by atoms with Crippen LogP contribution in [0.25, 0.3) is 11.0 Å². The van der Waals surface area contributed by atoms with Crippen molar-refractivity contribution < 1.29 is 9.53 Å². The standard InChI is InChI=1S/C28H37N3O2/c1-21-15-16-26(22(2)20-21)33-19-9-18-31-25-13-7-6-12-24(25)30-27(31)14-8-17-29-28(32)23-10-4-3-5-11-23/h6-7,12-13,15-16,20,23H,3-5,8-11,14,17-19H2,1-2H3,(H,29,32). The molecule has 33 heavy (non-hydrogen) atoms. The molecule has 4 rings (SSSR count). The van der Waals surface area contributed by atoms with E-state index in [0.29, 0.717) is 13.2 Å². The van der Waals surface area contributed by atoms with Crippen molar-refractivity contribution in [2.24, 2.45) is 5.92 Å². The Kier molecular flexibility index (Phi) is 8.03. The van der Waals surface area contributed by atoms with Gasteiger partial charge in [0.25, 0.3) is 0 Å². The maximum atomic E-state index is 12.4. The number of hydrogen-bond acceptors (Lipinski definition) is 3. The average Bonchev–Trinajstić information content (AvgIpc) is 3.18. The zero-order chi connectivity index (χ0) is 23.0. The Labute approximate surface area is 197 Å². The molecule has 1 heterocycles. The number of aryl methyl sites for hydroxylation is 4. The van der Waals surface area contributed by atoms with E-state index in [1.54, 1.807) is 0 Å². The normalized spacial score (nSPS) is 14.5. The molecule has 0 radical (unpaired) electrons. The molecule has 3 aromatic rings. The largest absolute Gasteiger partial charge is 0.493 e. The molecule has 0 aliphatic heterocycles. The first-order valence-electron chi connectivity index (χ1n) is 12.5. The second-order valence-corrected chi connectivity index (χ2v) is 9.37. The molecule has 5 heteroatoms. The number of carbonyl (C=O) groups excluding carboxylic acids is 1. The van der Waals surface area contributed by atoms with Gasteiger partial charge in [-0.15, -0.1) is 0 Å². The van der Waals surface area contributed by atoms with Crippen LogP contribution in [0.5, 0.6) is 5.75 Å². The number of rotatable bonds is 10. The van der Waals surface area contributed by atoms with Crippen LogP contribution in [0.4, 0.5) is 0 Å². The summed E-state index contributed by atoms with van der Waals surface area (Å²) in [5.74, 6) is 2.52. The van der Waals surface area contributed by atoms with Gasteiger partial charge in [-0.3, -0.25) is 4.79 Å². The molecule has 5 nitrogen and oxygen atoms in total. The number of hydrogen-bond donors (Lipinski definition) is 1. The number of fused-ring (bicyclic) bond motifs is 1. The number of nitrogens with one attached hydrogen (secondary N) is 1. The summed E-state index contributed by atoms with van der Waals surface area (Å²) in [6.45, 7) is 6.46. The first kappa shape index (κ1) is 23.3. The van der Waals surface area contributed by atoms with Crippen LogP contribution in [-0.4, -0.2) is 28.6 Å². The molecular weight excluding hydrogens is 410 g/mol. The van der Waals surface area contributed by atoms with E-state index in [-0.39, 0.29) is 11.8 Å². The first-order chi connectivity index (χ1) is 16.1. The van der Waals surface area contributed by atoms with Gasteiger partial charge in [0.1, 0.15) is 11.6 Å². The monoisotopic (exact) mass is 447 g/mol. The van der Waals surface area contributed by atoms with Crippen LogP contribution < -0.4 is 10.1 Å². The van der Waals surface area contributed by atoms with Crippen LogP contribution in [0.3, 0.4) is 0 Å². The van der Waals surface area contributed by atoms with E-state index in [1.807, 2.05) is 6.07 Å². The molecule has 0 bridgehead atoms. The predicted octanol–water partition coefficient (Wildman–Crippen LogP) is 5.75. The number of benzene rings is 2. The molecule has 2 aromatic carbocycles. The molecular formula is C28H37N3O2. The van der Waals surface area contributed by atoms with Crippen molar-refractivity contribution in [3.8, 4) is 5.75 Å². The van der Waals surface area contributed by atoms with Gasteiger partial charge < -0.3 is 14.6 Å². The molecule has 0 spiro atoms. The van der Waals surface area contributed by atoms with E-state index in [1.165, 1.54) is 35.9 Å². The van der Waals surface area contributed by atoms with Crippen molar-refractivity contribution in [2.45, 2.75) is 71.8 Å². The number of imidazole rings is 1. The van der Waals surface area contributed by atoms with E-state index < -0.39 is 0 Å². The third-order valence-corrected chi connectivity index (χ3v) is 6.70. The van der Waals surface area contributed by atoms with Crippen LogP contribution in [0, 0.1) is 19.8 Å². The van der Waals surface area contributed by atoms with E-state index in [2.05, 4.69) is 60.1 Å². The smallest absolute Gasteiger partial charge is 0.223 e. The van der Waals surface area contributed by atoms with Crippen molar-refractivity contribution >= 4 is 16.9 Å². The SMILES string of the molecule is Cc1ccc(OCCCn2c(CCCNC(=O)C3CCCCC3)nc3ccccc32)c(C)c1. The van der Waals surface area contributed by atoms with Crippen molar-refractivity contribution in [3.63, 3.8) is 0 Å². The van der Waals surface area contributed by atoms with Gasteiger partial charge in [-0.25, -0.2) is 4.98 Å². The third-order valence-electron chi connectivity index (χ3n) is 6.70. The highest BCUT2D eigenvalue weighted by Crippen LogP contribution is 2.24. The minimum Gasteiger partial charge on any atom is -0.493 e. The van der Waals surface area contributed by atoms with E-state index in [0.717, 1.165) is 55.7 Å². The lowest BCUT2D eigenvalue weighted by atomic mass is 9.89. The van der Waals surface area contributed by atoms with E-state index >= 15 is 0 Å². The number of aromatic nitrogens is 2. The van der Waals surface area contributed by atoms with Crippen molar-refractivity contribution in [2.75, 3.05) is 13.2 Å². The zero-order valence-electron chi connectivity index (χ0n) is 20.1. The molecule has 1 aromatic heterocycles. The molecule has 176 valence electrons. The number of para-hydroxylation sites is 2. The quantitative estimate of drug-likeness (QED) is 0.403. The summed E-state index contributed by atoms with van der Waals surface area (Å²) in [6.07, 6.45) is 8.43. The van der Waals surface area contributed by atoms with Gasteiger partial charge in [-0.2, -0.15) is 0 Å². The number of ether oxygens (including phenoxy) is 1. The Morgan fingerprint density at radius 1 is 1.09 bits per heavy atom. The fourth-order valence-electron chi connectivity index (χ4n) is 4.90. The van der Waals surface area contributed by atoms with Crippen LogP contribution in [0.1, 0.15) is 61.9 Å². The summed E-state index contributed by atoms with van der Waals surface area (Å²) in [5, 5.41) is 3.16. The Bertz CT molecular complexity index is 1070. The van der Waals surface area contributed by atoms with Crippen LogP contribution >= 0.6 is 0 Å². The average molecular weight is 448 g/mol. The van der Waals surface area contributed by atoms with Crippen LogP contribution in [-0.2, 0) is 17.8 Å². The molecule has 0 atom stereocenters. The molecule has 1 N–H and O–H groups in total. The van der Waals surface area contributed by atoms with Gasteiger partial charge in [-0.1, -0.05) is 49.1 Å². The van der Waals surface area contributed by atoms with Crippen LogP contribution in [0.15, 0.2) is 42.5 Å². The molecule has 1 saturated carbocycles. The van der Waals surface area contributed by atoms with Crippen molar-refractivity contribution in [1.29, 1.82) is 0 Å². The Hall–Kier alpha value is -2.82. The first-order valence-corrected chi connectivity index (χ1v) is 12.5. The topological polar surface area (TPSA) is 56.1 Å². The summed E-state index contributed by atoms with van der Waals surface area (Å²) in [5.41, 5.74) is 4.64. The number of nitrogens with zero attached hydrogens (tertiary/aromatic N) is 2. The van der Waals surface area contributed by atoms with Gasteiger partial charge in [0.2, 0.25) is 5.91 Å². The molecule has 0 saturated heterocycles. The summed E-state index contributed by atoms with van der Waals surface area (Å²) in [4.78, 5) is 17.3. The summed E-state index contributed by atoms with van der Waals surface area (Å²) in [7, 11) is 0. The maximum Gasteiger partial charge on any atom is 0.223 e. The Morgan fingerprint density at radius 3 is 2.73 bits per heavy atom. The number of carbonyl (C=O) groups is 1. The van der Waals surface area contributed by atoms with Gasteiger partial charge in [0.15, 0.2) is 0 Å². The van der Waals surface area contributed by atoms with Crippen molar-refractivity contribution in [3.05, 3.63) is 59.4 Å². The second kappa shape index (κ2) is 11.4. The van der Waals surface area contributed by atoms with Gasteiger partial charge >= 0.3 is 0 Å². The van der Waals surface area contributed by atoms with Gasteiger partial charge in [-0.05, 0) is 63.3 Å². The highest BCUT2D eigenvalue weighted by atomic mass is 16.5. The van der Waals surface area contributed by atoms with Crippen molar-refractivity contribution in [1.82, 2.24) is 14.9 Å². The molecule has 0 unspecified atom stereocenters. The zero-order valence-corrected chi connectivity index (χ0v) is 20.1. The summed E-state index contributed by atoms with van der Waals surface area (Å²) >= 11 is 0. The van der Waals surface area contributed by atoms with Crippen LogP contribution in [0.2, 0.25) is 0 Å². The van der Waals surface area contributed by atoms with E-state index in [4.69, 9.17) is 9.72 Å². The summed E-state index contributed by atoms with van der Waals surface area (Å²) in [6, 6.07) is 14.6. The summed E-state index contributed by atoms with van der Waals surface area (Å²) < 4.78 is 8.37. The Balaban J connectivity index is 1.31. The maximum absolute atomic E-state index is 12.4. The highest BCUT2D eigenvalue weighted by Gasteiger charge is 2.20. The second-order valence-electron chi connectivity index (χ2n) is 9.37. The van der Waals surface area contributed by atoms with Gasteiger partial charge in [0.05, 0.1) is 17.6 Å². The molecule has 1 aliphatic rings. The third kappa shape index (κ3) is 6.16. The lowest BCUT2D eigenvalue weighted by Gasteiger charge is -2.20. The number of amides is 1. The Morgan fingerprint density at radius 2 is 1.91 bits per heavy atom. The molecule has 1 aliphatic carbocycles. The molecule has 1 amide bonds. The predicted molar refractivity (Wildman–Crippen MR) is 134 cm³/mol. The van der Waals surface area contributed by atoms with Gasteiger partial charge in [0, 0.05) is 25.4 Å². The molecule has 1 fully saturated rings. The lowest BCUT2D eigenvalue weighted by Crippen LogP contribution is -2.32. The minimum atomic E-state index is 0.223. The fourth-order valence-corrected chi connectivity index (χ4v) is 4.90.